The van der Waals surface area contributed by atoms with Crippen molar-refractivity contribution in [2.24, 2.45) is 7.05 Å². The number of carbonyl (C=O) groups is 1. The number of thiophene rings is 1. The van der Waals surface area contributed by atoms with Gasteiger partial charge in [-0.05, 0) is 40.2 Å². The topological polar surface area (TPSA) is 55.2 Å². The normalized spacial score (nSPS) is 12.6. The van der Waals surface area contributed by atoms with Gasteiger partial charge in [0.25, 0.3) is 5.56 Å². The van der Waals surface area contributed by atoms with Crippen LogP contribution in [-0.4, -0.2) is 38.7 Å². The lowest BCUT2D eigenvalue weighted by atomic mass is 10.2. The molecule has 5 nitrogen and oxygen atoms in total. The smallest absolute Gasteiger partial charge is 0.262 e. The van der Waals surface area contributed by atoms with Crippen molar-refractivity contribution in [3.05, 3.63) is 20.8 Å². The Labute approximate surface area is 144 Å². The molecule has 23 heavy (non-hydrogen) atoms. The van der Waals surface area contributed by atoms with Gasteiger partial charge >= 0.3 is 0 Å². The molecule has 0 spiro atoms. The molecule has 2 heterocycles. The van der Waals surface area contributed by atoms with E-state index in [1.807, 2.05) is 34.6 Å². The molecule has 1 atom stereocenters. The molecule has 2 rings (SSSR count). The number of hydrogen-bond donors (Lipinski definition) is 0. The van der Waals surface area contributed by atoms with E-state index < -0.39 is 0 Å². The van der Waals surface area contributed by atoms with Gasteiger partial charge in [-0.2, -0.15) is 0 Å². The van der Waals surface area contributed by atoms with Crippen LogP contribution in [0, 0.1) is 13.8 Å². The van der Waals surface area contributed by atoms with Crippen LogP contribution in [0.15, 0.2) is 9.95 Å². The van der Waals surface area contributed by atoms with Crippen molar-refractivity contribution in [3.8, 4) is 0 Å². The highest BCUT2D eigenvalue weighted by molar-refractivity contribution is 8.00. The Morgan fingerprint density at radius 2 is 1.96 bits per heavy atom. The van der Waals surface area contributed by atoms with Crippen molar-refractivity contribution >= 4 is 39.2 Å². The number of aromatic nitrogens is 2. The van der Waals surface area contributed by atoms with Crippen molar-refractivity contribution < 1.29 is 4.79 Å². The highest BCUT2D eigenvalue weighted by atomic mass is 32.2. The summed E-state index contributed by atoms with van der Waals surface area (Å²) in [6, 6.07) is 0. The molecule has 0 radical (unpaired) electrons. The molecule has 0 saturated heterocycles. The molecule has 1 amide bonds. The van der Waals surface area contributed by atoms with Crippen LogP contribution in [0.1, 0.15) is 31.2 Å². The molecule has 0 fully saturated rings. The maximum Gasteiger partial charge on any atom is 0.262 e. The average molecular weight is 354 g/mol. The molecular formula is C16H23N3O2S2. The summed E-state index contributed by atoms with van der Waals surface area (Å²) in [5.74, 6) is 0.0767. The summed E-state index contributed by atoms with van der Waals surface area (Å²) in [5.41, 5.74) is 0.962. The number of rotatable bonds is 5. The summed E-state index contributed by atoms with van der Waals surface area (Å²) in [6.45, 7) is 11.1. The molecule has 2 aromatic rings. The molecule has 0 aliphatic heterocycles. The van der Waals surface area contributed by atoms with Crippen LogP contribution in [0.5, 0.6) is 0 Å². The van der Waals surface area contributed by atoms with E-state index in [0.717, 1.165) is 15.3 Å². The third-order valence-electron chi connectivity index (χ3n) is 4.07. The first-order valence-corrected chi connectivity index (χ1v) is 9.43. The molecule has 7 heteroatoms. The zero-order valence-electron chi connectivity index (χ0n) is 14.5. The lowest BCUT2D eigenvalue weighted by Gasteiger charge is -2.22. The first-order valence-electron chi connectivity index (χ1n) is 7.73. The van der Waals surface area contributed by atoms with Gasteiger partial charge in [0, 0.05) is 25.0 Å². The number of aryl methyl sites for hydroxylation is 2. The van der Waals surface area contributed by atoms with E-state index in [-0.39, 0.29) is 16.7 Å². The fourth-order valence-corrected chi connectivity index (χ4v) is 4.49. The number of hydrogen-bond acceptors (Lipinski definition) is 5. The number of amides is 1. The molecular weight excluding hydrogens is 330 g/mol. The van der Waals surface area contributed by atoms with Gasteiger partial charge in [0.1, 0.15) is 4.83 Å². The van der Waals surface area contributed by atoms with E-state index in [1.165, 1.54) is 23.1 Å². The van der Waals surface area contributed by atoms with Crippen LogP contribution in [0.25, 0.3) is 10.2 Å². The van der Waals surface area contributed by atoms with Crippen molar-refractivity contribution in [1.29, 1.82) is 0 Å². The molecule has 0 aliphatic carbocycles. The molecule has 2 aromatic heterocycles. The van der Waals surface area contributed by atoms with Crippen LogP contribution < -0.4 is 5.56 Å². The standard InChI is InChI=1S/C16H23N3O2S2/c1-7-19(8-2)14(20)11(5)23-16-17-13-12(15(21)18(16)6)9(3)10(4)22-13/h11H,7-8H2,1-6H3. The Bertz CT molecular complexity index is 791. The van der Waals surface area contributed by atoms with Gasteiger partial charge in [0.2, 0.25) is 5.91 Å². The molecule has 0 aromatic carbocycles. The van der Waals surface area contributed by atoms with Crippen molar-refractivity contribution in [2.45, 2.75) is 45.0 Å². The lowest BCUT2D eigenvalue weighted by Crippen LogP contribution is -2.36. The minimum Gasteiger partial charge on any atom is -0.342 e. The minimum atomic E-state index is -0.271. The predicted molar refractivity (Wildman–Crippen MR) is 97.6 cm³/mol. The molecule has 0 saturated carbocycles. The Morgan fingerprint density at radius 1 is 1.35 bits per heavy atom. The van der Waals surface area contributed by atoms with Gasteiger partial charge in [0.15, 0.2) is 5.16 Å². The fraction of sp³-hybridized carbons (Fsp3) is 0.562. The first-order chi connectivity index (χ1) is 10.8. The second-order valence-electron chi connectivity index (χ2n) is 5.49. The Kier molecular flexibility index (Phi) is 5.52. The predicted octanol–water partition coefficient (Wildman–Crippen LogP) is 2.96. The average Bonchev–Trinajstić information content (AvgIpc) is 2.80. The number of carbonyl (C=O) groups excluding carboxylic acids is 1. The summed E-state index contributed by atoms with van der Waals surface area (Å²) < 4.78 is 1.55. The third kappa shape index (κ3) is 3.30. The molecule has 0 bridgehead atoms. The summed E-state index contributed by atoms with van der Waals surface area (Å²) >= 11 is 2.88. The summed E-state index contributed by atoms with van der Waals surface area (Å²) in [5, 5.41) is 1.02. The summed E-state index contributed by atoms with van der Waals surface area (Å²) in [4.78, 5) is 33.3. The van der Waals surface area contributed by atoms with Gasteiger partial charge in [-0.3, -0.25) is 14.2 Å². The SMILES string of the molecule is CCN(CC)C(=O)C(C)Sc1nc2sc(C)c(C)c2c(=O)n1C. The van der Waals surface area contributed by atoms with Crippen LogP contribution >= 0.6 is 23.1 Å². The van der Waals surface area contributed by atoms with Crippen LogP contribution in [0.3, 0.4) is 0 Å². The fourth-order valence-electron chi connectivity index (χ4n) is 2.46. The summed E-state index contributed by atoms with van der Waals surface area (Å²) in [6.07, 6.45) is 0. The highest BCUT2D eigenvalue weighted by Gasteiger charge is 2.22. The van der Waals surface area contributed by atoms with Crippen LogP contribution in [0.2, 0.25) is 0 Å². The van der Waals surface area contributed by atoms with Gasteiger partial charge < -0.3 is 4.90 Å². The first kappa shape index (κ1) is 18.0. The summed E-state index contributed by atoms with van der Waals surface area (Å²) in [7, 11) is 1.72. The Hall–Kier alpha value is -1.34. The van der Waals surface area contributed by atoms with E-state index in [9.17, 15) is 9.59 Å². The quantitative estimate of drug-likeness (QED) is 0.612. The minimum absolute atomic E-state index is 0.0400. The third-order valence-corrected chi connectivity index (χ3v) is 6.31. The van der Waals surface area contributed by atoms with Gasteiger partial charge in [0.05, 0.1) is 10.6 Å². The molecule has 0 N–H and O–H groups in total. The second-order valence-corrected chi connectivity index (χ2v) is 8.00. The highest BCUT2D eigenvalue weighted by Crippen LogP contribution is 2.29. The largest absolute Gasteiger partial charge is 0.342 e. The second kappa shape index (κ2) is 7.05. The molecule has 1 unspecified atom stereocenters. The van der Waals surface area contributed by atoms with E-state index in [1.54, 1.807) is 16.5 Å². The monoisotopic (exact) mass is 353 g/mol. The lowest BCUT2D eigenvalue weighted by molar-refractivity contribution is -0.129. The van der Waals surface area contributed by atoms with Crippen molar-refractivity contribution in [2.75, 3.05) is 13.1 Å². The van der Waals surface area contributed by atoms with Gasteiger partial charge in [-0.15, -0.1) is 11.3 Å². The van der Waals surface area contributed by atoms with Gasteiger partial charge in [-0.25, -0.2) is 4.98 Å². The van der Waals surface area contributed by atoms with E-state index >= 15 is 0 Å². The van der Waals surface area contributed by atoms with E-state index in [2.05, 4.69) is 4.98 Å². The molecule has 0 aliphatic rings. The molecule has 126 valence electrons. The van der Waals surface area contributed by atoms with Crippen molar-refractivity contribution in [3.63, 3.8) is 0 Å². The zero-order valence-corrected chi connectivity index (χ0v) is 16.1. The maximum absolute atomic E-state index is 12.6. The van der Waals surface area contributed by atoms with E-state index in [4.69, 9.17) is 0 Å². The van der Waals surface area contributed by atoms with Crippen LogP contribution in [0.4, 0.5) is 0 Å². The Balaban J connectivity index is 2.39. The Morgan fingerprint density at radius 3 is 2.52 bits per heavy atom. The van der Waals surface area contributed by atoms with E-state index in [0.29, 0.717) is 23.6 Å². The zero-order chi connectivity index (χ0) is 17.3. The maximum atomic E-state index is 12.6. The van der Waals surface area contributed by atoms with Crippen molar-refractivity contribution in [1.82, 2.24) is 14.5 Å². The van der Waals surface area contributed by atoms with Crippen LogP contribution in [-0.2, 0) is 11.8 Å². The number of fused-ring (bicyclic) bond motifs is 1. The number of nitrogens with zero attached hydrogens (tertiary/aromatic N) is 3. The number of thioether (sulfide) groups is 1. The van der Waals surface area contributed by atoms with Gasteiger partial charge in [-0.1, -0.05) is 11.8 Å².